The standard InChI is InChI=1S/C16H16N6S/c17-16-20-14-13(15(21-16)22-6-8-23-9-7-22)18-10-12(19-14)11-4-2-1-3-5-11/h1-5,10H,6-9H2,(H2,17,19,20,21). The number of nitrogens with zero attached hydrogens (tertiary/aromatic N) is 5. The molecular weight excluding hydrogens is 308 g/mol. The van der Waals surface area contributed by atoms with Crippen LogP contribution in [0.5, 0.6) is 0 Å². The summed E-state index contributed by atoms with van der Waals surface area (Å²) in [6, 6.07) is 9.94. The molecule has 0 aliphatic carbocycles. The monoisotopic (exact) mass is 324 g/mol. The highest BCUT2D eigenvalue weighted by Crippen LogP contribution is 2.26. The number of hydrogen-bond donors (Lipinski definition) is 1. The number of nitrogens with two attached hydrogens (primary N) is 1. The van der Waals surface area contributed by atoms with Crippen molar-refractivity contribution in [3.8, 4) is 11.3 Å². The minimum absolute atomic E-state index is 0.241. The molecule has 0 spiro atoms. The maximum Gasteiger partial charge on any atom is 0.224 e. The molecule has 1 fully saturated rings. The van der Waals surface area contributed by atoms with E-state index in [2.05, 4.69) is 24.8 Å². The first-order valence-corrected chi connectivity index (χ1v) is 8.65. The Kier molecular flexibility index (Phi) is 3.70. The molecule has 3 aromatic rings. The molecular formula is C16H16N6S. The van der Waals surface area contributed by atoms with E-state index in [4.69, 9.17) is 5.73 Å². The van der Waals surface area contributed by atoms with Crippen molar-refractivity contribution in [1.82, 2.24) is 19.9 Å². The molecule has 116 valence electrons. The Morgan fingerprint density at radius 3 is 2.57 bits per heavy atom. The number of rotatable bonds is 2. The minimum atomic E-state index is 0.241. The van der Waals surface area contributed by atoms with Crippen LogP contribution in [0.15, 0.2) is 36.5 Å². The van der Waals surface area contributed by atoms with Gasteiger partial charge in [-0.3, -0.25) is 0 Å². The smallest absolute Gasteiger partial charge is 0.224 e. The fraction of sp³-hybridized carbons (Fsp3) is 0.250. The van der Waals surface area contributed by atoms with Gasteiger partial charge in [0.15, 0.2) is 17.0 Å². The van der Waals surface area contributed by atoms with Crippen LogP contribution in [-0.2, 0) is 0 Å². The first kappa shape index (κ1) is 14.2. The van der Waals surface area contributed by atoms with Crippen LogP contribution in [0.4, 0.5) is 11.8 Å². The summed E-state index contributed by atoms with van der Waals surface area (Å²) in [4.78, 5) is 20.1. The topological polar surface area (TPSA) is 80.8 Å². The summed E-state index contributed by atoms with van der Waals surface area (Å²) in [5.41, 5.74) is 8.96. The molecule has 23 heavy (non-hydrogen) atoms. The molecule has 1 aliphatic heterocycles. The first-order chi connectivity index (χ1) is 11.3. The summed E-state index contributed by atoms with van der Waals surface area (Å²) < 4.78 is 0. The lowest BCUT2D eigenvalue weighted by molar-refractivity contribution is 0.841. The van der Waals surface area contributed by atoms with E-state index >= 15 is 0 Å². The molecule has 0 unspecified atom stereocenters. The van der Waals surface area contributed by atoms with Crippen molar-refractivity contribution in [2.75, 3.05) is 35.2 Å². The normalized spacial score (nSPS) is 15.0. The van der Waals surface area contributed by atoms with Crippen LogP contribution in [0.1, 0.15) is 0 Å². The molecule has 0 bridgehead atoms. The minimum Gasteiger partial charge on any atom is -0.368 e. The van der Waals surface area contributed by atoms with Crippen LogP contribution in [0.25, 0.3) is 22.4 Å². The van der Waals surface area contributed by atoms with Crippen LogP contribution < -0.4 is 10.6 Å². The van der Waals surface area contributed by atoms with Gasteiger partial charge in [0.1, 0.15) is 0 Å². The lowest BCUT2D eigenvalue weighted by Crippen LogP contribution is -2.33. The lowest BCUT2D eigenvalue weighted by Gasteiger charge is -2.27. The fourth-order valence-corrected chi connectivity index (χ4v) is 3.56. The quantitative estimate of drug-likeness (QED) is 0.774. The second kappa shape index (κ2) is 6.00. The third kappa shape index (κ3) is 2.79. The Labute approximate surface area is 138 Å². The number of aromatic nitrogens is 4. The highest BCUT2D eigenvalue weighted by atomic mass is 32.2. The zero-order valence-electron chi connectivity index (χ0n) is 12.5. The third-order valence-electron chi connectivity index (χ3n) is 3.79. The van der Waals surface area contributed by atoms with Crippen molar-refractivity contribution in [1.29, 1.82) is 0 Å². The third-order valence-corrected chi connectivity index (χ3v) is 4.73. The average molecular weight is 324 g/mol. The number of hydrogen-bond acceptors (Lipinski definition) is 7. The number of nitrogen functional groups attached to an aromatic ring is 1. The van der Waals surface area contributed by atoms with Gasteiger partial charge in [0, 0.05) is 30.2 Å². The van der Waals surface area contributed by atoms with E-state index in [1.807, 2.05) is 42.1 Å². The number of fused-ring (bicyclic) bond motifs is 1. The van der Waals surface area contributed by atoms with E-state index in [1.54, 1.807) is 6.20 Å². The lowest BCUT2D eigenvalue weighted by atomic mass is 10.2. The van der Waals surface area contributed by atoms with Crippen LogP contribution >= 0.6 is 11.8 Å². The van der Waals surface area contributed by atoms with Crippen molar-refractivity contribution in [2.24, 2.45) is 0 Å². The van der Waals surface area contributed by atoms with Gasteiger partial charge in [0.05, 0.1) is 11.9 Å². The molecule has 2 aromatic heterocycles. The summed E-state index contributed by atoms with van der Waals surface area (Å²) in [5.74, 6) is 3.20. The van der Waals surface area contributed by atoms with Gasteiger partial charge in [-0.1, -0.05) is 30.3 Å². The van der Waals surface area contributed by atoms with Crippen LogP contribution in [0.3, 0.4) is 0 Å². The fourth-order valence-electron chi connectivity index (χ4n) is 2.65. The van der Waals surface area contributed by atoms with Gasteiger partial charge in [0.2, 0.25) is 5.95 Å². The van der Waals surface area contributed by atoms with Crippen LogP contribution in [0.2, 0.25) is 0 Å². The predicted octanol–water partition coefficient (Wildman–Crippen LogP) is 2.22. The van der Waals surface area contributed by atoms with E-state index in [0.717, 1.165) is 41.7 Å². The van der Waals surface area contributed by atoms with Crippen molar-refractivity contribution in [3.05, 3.63) is 36.5 Å². The average Bonchev–Trinajstić information content (AvgIpc) is 2.62. The van der Waals surface area contributed by atoms with Crippen molar-refractivity contribution >= 4 is 34.7 Å². The zero-order valence-corrected chi connectivity index (χ0v) is 13.3. The van der Waals surface area contributed by atoms with Gasteiger partial charge in [-0.15, -0.1) is 0 Å². The molecule has 0 saturated carbocycles. The molecule has 1 aromatic carbocycles. The zero-order chi connectivity index (χ0) is 15.6. The van der Waals surface area contributed by atoms with Gasteiger partial charge in [0.25, 0.3) is 0 Å². The van der Waals surface area contributed by atoms with Gasteiger partial charge in [-0.2, -0.15) is 21.7 Å². The SMILES string of the molecule is Nc1nc(N2CCSCC2)c2ncc(-c3ccccc3)nc2n1. The Hall–Kier alpha value is -2.41. The van der Waals surface area contributed by atoms with E-state index in [1.165, 1.54) is 0 Å². The highest BCUT2D eigenvalue weighted by Gasteiger charge is 2.18. The molecule has 2 N–H and O–H groups in total. The van der Waals surface area contributed by atoms with Gasteiger partial charge in [-0.05, 0) is 0 Å². The molecule has 0 radical (unpaired) electrons. The van der Waals surface area contributed by atoms with E-state index in [0.29, 0.717) is 11.2 Å². The van der Waals surface area contributed by atoms with Gasteiger partial charge < -0.3 is 10.6 Å². The first-order valence-electron chi connectivity index (χ1n) is 7.49. The Morgan fingerprint density at radius 1 is 1.00 bits per heavy atom. The molecule has 6 nitrogen and oxygen atoms in total. The van der Waals surface area contributed by atoms with Crippen molar-refractivity contribution in [2.45, 2.75) is 0 Å². The summed E-state index contributed by atoms with van der Waals surface area (Å²) >= 11 is 1.95. The molecule has 0 amide bonds. The molecule has 0 atom stereocenters. The molecule has 4 rings (SSSR count). The number of thioether (sulfide) groups is 1. The molecule has 3 heterocycles. The van der Waals surface area contributed by atoms with Crippen LogP contribution in [-0.4, -0.2) is 44.5 Å². The van der Waals surface area contributed by atoms with E-state index in [9.17, 15) is 0 Å². The number of benzene rings is 1. The Balaban J connectivity index is 1.83. The predicted molar refractivity (Wildman–Crippen MR) is 94.5 cm³/mol. The molecule has 1 aliphatic rings. The summed E-state index contributed by atoms with van der Waals surface area (Å²) in [6.07, 6.45) is 1.78. The molecule has 1 saturated heterocycles. The van der Waals surface area contributed by atoms with Gasteiger partial charge >= 0.3 is 0 Å². The summed E-state index contributed by atoms with van der Waals surface area (Å²) in [5, 5.41) is 0. The van der Waals surface area contributed by atoms with Gasteiger partial charge in [-0.25, -0.2) is 9.97 Å². The largest absolute Gasteiger partial charge is 0.368 e. The number of anilines is 2. The Bertz CT molecular complexity index is 833. The maximum atomic E-state index is 5.90. The summed E-state index contributed by atoms with van der Waals surface area (Å²) in [7, 11) is 0. The summed E-state index contributed by atoms with van der Waals surface area (Å²) in [6.45, 7) is 1.89. The maximum absolute atomic E-state index is 5.90. The van der Waals surface area contributed by atoms with E-state index in [-0.39, 0.29) is 5.95 Å². The molecule has 7 heteroatoms. The van der Waals surface area contributed by atoms with E-state index < -0.39 is 0 Å². The second-order valence-corrected chi connectivity index (χ2v) is 6.52. The van der Waals surface area contributed by atoms with Crippen molar-refractivity contribution < 1.29 is 0 Å². The van der Waals surface area contributed by atoms with Crippen molar-refractivity contribution in [3.63, 3.8) is 0 Å². The Morgan fingerprint density at radius 2 is 1.78 bits per heavy atom. The highest BCUT2D eigenvalue weighted by molar-refractivity contribution is 7.99. The van der Waals surface area contributed by atoms with Crippen LogP contribution in [0, 0.1) is 0 Å². The second-order valence-electron chi connectivity index (χ2n) is 5.30.